The number of terminal acetylenes is 1. The highest BCUT2D eigenvalue weighted by Gasteiger charge is 2.32. The highest BCUT2D eigenvalue weighted by atomic mass is 35.6. The average molecular weight is 397 g/mol. The Hall–Kier alpha value is -0.156. The molecule has 0 nitrogen and oxygen atoms in total. The van der Waals surface area contributed by atoms with Gasteiger partial charge in [0.05, 0.1) is 0 Å². The number of rotatable bonds is 6. The Bertz CT molecular complexity index is 416. The van der Waals surface area contributed by atoms with Crippen LogP contribution < -0.4 is 0 Å². The zero-order valence-corrected chi connectivity index (χ0v) is 20.1. The van der Waals surface area contributed by atoms with Crippen LogP contribution in [-0.4, -0.2) is 15.5 Å². The summed E-state index contributed by atoms with van der Waals surface area (Å²) >= 11 is 5.94. The van der Waals surface area contributed by atoms with Gasteiger partial charge in [-0.3, -0.25) is 0 Å². The van der Waals surface area contributed by atoms with E-state index in [9.17, 15) is 0 Å². The molecule has 0 saturated carbocycles. The number of unbranched alkanes of at least 4 members (excludes halogenated alkanes) is 6. The van der Waals surface area contributed by atoms with E-state index in [1.165, 1.54) is 75.5 Å². The first kappa shape index (κ1) is 24.8. The molecule has 0 atom stereocenters. The molecule has 25 heavy (non-hydrogen) atoms. The summed E-state index contributed by atoms with van der Waals surface area (Å²) in [4.78, 5) is 0. The van der Waals surface area contributed by atoms with Gasteiger partial charge in [0.25, 0.3) is 0 Å². The van der Waals surface area contributed by atoms with Crippen molar-refractivity contribution < 1.29 is 0 Å². The van der Waals surface area contributed by atoms with E-state index in [0.717, 1.165) is 12.8 Å². The third-order valence-corrected chi connectivity index (χ3v) is 12.7. The second kappa shape index (κ2) is 15.0. The SMILES string of the molecule is C#CCCCCC.CCCCCC#C[Si]1(C)CCC1.C[Si]1(Cl)CCC1. The molecule has 0 amide bonds. The van der Waals surface area contributed by atoms with Crippen LogP contribution in [0, 0.1) is 23.8 Å². The second-order valence-corrected chi connectivity index (χ2v) is 19.0. The first-order valence-electron chi connectivity index (χ1n) is 10.5. The first-order valence-corrected chi connectivity index (χ1v) is 17.4. The van der Waals surface area contributed by atoms with E-state index in [2.05, 4.69) is 44.3 Å². The van der Waals surface area contributed by atoms with Crippen LogP contribution in [0.25, 0.3) is 0 Å². The molecule has 2 rings (SSSR count). The van der Waals surface area contributed by atoms with Crippen LogP contribution in [0.15, 0.2) is 0 Å². The van der Waals surface area contributed by atoms with E-state index in [4.69, 9.17) is 17.5 Å². The van der Waals surface area contributed by atoms with Crippen LogP contribution in [0.4, 0.5) is 0 Å². The van der Waals surface area contributed by atoms with Crippen LogP contribution in [0.3, 0.4) is 0 Å². The van der Waals surface area contributed by atoms with Crippen molar-refractivity contribution in [2.75, 3.05) is 0 Å². The van der Waals surface area contributed by atoms with Gasteiger partial charge in [0.1, 0.15) is 8.07 Å². The molecule has 0 radical (unpaired) electrons. The second-order valence-electron chi connectivity index (χ2n) is 8.10. The zero-order chi connectivity index (χ0) is 19.0. The summed E-state index contributed by atoms with van der Waals surface area (Å²) < 4.78 is 0. The van der Waals surface area contributed by atoms with Gasteiger partial charge in [0, 0.05) is 12.8 Å². The van der Waals surface area contributed by atoms with Crippen molar-refractivity contribution in [1.82, 2.24) is 0 Å². The molecule has 3 heteroatoms. The maximum atomic E-state index is 5.94. The molecule has 144 valence electrons. The lowest BCUT2D eigenvalue weighted by molar-refractivity contribution is 0.737. The molecule has 0 N–H and O–H groups in total. The molecule has 0 aromatic rings. The van der Waals surface area contributed by atoms with Gasteiger partial charge in [-0.15, -0.1) is 23.8 Å². The van der Waals surface area contributed by atoms with Gasteiger partial charge in [-0.05, 0) is 37.0 Å². The lowest BCUT2D eigenvalue weighted by Crippen LogP contribution is -2.36. The van der Waals surface area contributed by atoms with Gasteiger partial charge in [0.15, 0.2) is 7.38 Å². The van der Waals surface area contributed by atoms with Crippen LogP contribution in [0.2, 0.25) is 37.3 Å². The normalized spacial score (nSPS) is 18.4. The van der Waals surface area contributed by atoms with Crippen molar-refractivity contribution >= 4 is 26.5 Å². The van der Waals surface area contributed by atoms with Gasteiger partial charge in [0.2, 0.25) is 0 Å². The fourth-order valence-corrected chi connectivity index (χ4v) is 7.06. The predicted molar refractivity (Wildman–Crippen MR) is 122 cm³/mol. The average Bonchev–Trinajstić information content (AvgIpc) is 2.53. The van der Waals surface area contributed by atoms with Crippen molar-refractivity contribution in [3.8, 4) is 23.8 Å². The number of hydrogen-bond donors (Lipinski definition) is 0. The molecule has 0 aromatic heterocycles. The summed E-state index contributed by atoms with van der Waals surface area (Å²) in [5, 5.41) is 0. The van der Waals surface area contributed by atoms with Crippen molar-refractivity contribution in [2.24, 2.45) is 0 Å². The number of halogens is 1. The van der Waals surface area contributed by atoms with Crippen molar-refractivity contribution in [3.05, 3.63) is 0 Å². The Kier molecular flexibility index (Phi) is 14.9. The van der Waals surface area contributed by atoms with Gasteiger partial charge in [-0.25, -0.2) is 0 Å². The summed E-state index contributed by atoms with van der Waals surface area (Å²) in [6, 6.07) is 5.64. The fraction of sp³-hybridized carbons (Fsp3) is 0.818. The van der Waals surface area contributed by atoms with Crippen LogP contribution >= 0.6 is 11.1 Å². The summed E-state index contributed by atoms with van der Waals surface area (Å²) in [5.41, 5.74) is 3.54. The molecule has 2 aliphatic heterocycles. The van der Waals surface area contributed by atoms with Gasteiger partial charge < -0.3 is 0 Å². The minimum Gasteiger partial charge on any atom is -0.167 e. The Balaban J connectivity index is 0.000000377. The lowest BCUT2D eigenvalue weighted by atomic mass is 10.2. The summed E-state index contributed by atoms with van der Waals surface area (Å²) in [7, 11) is -1.90. The van der Waals surface area contributed by atoms with E-state index in [-0.39, 0.29) is 0 Å². The number of hydrogen-bond acceptors (Lipinski definition) is 0. The molecule has 2 fully saturated rings. The topological polar surface area (TPSA) is 0 Å². The largest absolute Gasteiger partial charge is 0.167 e. The fourth-order valence-electron chi connectivity index (χ4n) is 2.71. The van der Waals surface area contributed by atoms with E-state index < -0.39 is 15.5 Å². The van der Waals surface area contributed by atoms with E-state index >= 15 is 0 Å². The predicted octanol–water partition coefficient (Wildman–Crippen LogP) is 8.00. The lowest BCUT2D eigenvalue weighted by Gasteiger charge is -2.30. The minimum atomic E-state index is -0.978. The molecule has 0 aromatic carbocycles. The minimum absolute atomic E-state index is 0.918. The van der Waals surface area contributed by atoms with Crippen LogP contribution in [-0.2, 0) is 0 Å². The first-order chi connectivity index (χ1) is 11.9. The molecule has 2 heterocycles. The van der Waals surface area contributed by atoms with Crippen LogP contribution in [0.5, 0.6) is 0 Å². The Morgan fingerprint density at radius 3 is 1.64 bits per heavy atom. The third kappa shape index (κ3) is 14.7. The highest BCUT2D eigenvalue weighted by Crippen LogP contribution is 2.34. The van der Waals surface area contributed by atoms with Gasteiger partial charge in [-0.2, -0.15) is 11.1 Å². The van der Waals surface area contributed by atoms with Gasteiger partial charge in [-0.1, -0.05) is 65.5 Å². The standard InChI is InChI=1S/C11H20Si.C7H12.C4H9ClSi/c1-3-4-5-6-7-9-12(2)10-8-11-12;1-3-5-7-6-4-2;1-6(5)3-2-4-6/h3-6,8,10-11H2,1-2H3;1H,4-7H2,2H3;2-4H2,1H3. The zero-order valence-electron chi connectivity index (χ0n) is 17.4. The van der Waals surface area contributed by atoms with Crippen LogP contribution in [0.1, 0.15) is 78.1 Å². The third-order valence-electron chi connectivity index (χ3n) is 5.07. The quantitative estimate of drug-likeness (QED) is 0.184. The highest BCUT2D eigenvalue weighted by molar-refractivity contribution is 7.21. The summed E-state index contributed by atoms with van der Waals surface area (Å²) in [6.07, 6.45) is 17.7. The summed E-state index contributed by atoms with van der Waals surface area (Å²) in [6.45, 7) is 9.09. The maximum Gasteiger partial charge on any atom is 0.153 e. The monoisotopic (exact) mass is 396 g/mol. The molecule has 0 aliphatic carbocycles. The Morgan fingerprint density at radius 2 is 1.32 bits per heavy atom. The van der Waals surface area contributed by atoms with E-state index in [0.29, 0.717) is 0 Å². The van der Waals surface area contributed by atoms with E-state index in [1.807, 2.05) is 0 Å². The Morgan fingerprint density at radius 1 is 0.840 bits per heavy atom. The molecular formula is C22H41ClSi2. The molecule has 0 spiro atoms. The molecule has 0 bridgehead atoms. The van der Waals surface area contributed by atoms with E-state index in [1.54, 1.807) is 0 Å². The molecule has 2 saturated heterocycles. The maximum absolute atomic E-state index is 5.94. The molecule has 2 aliphatic rings. The van der Waals surface area contributed by atoms with Crippen molar-refractivity contribution in [2.45, 2.75) is 115 Å². The van der Waals surface area contributed by atoms with Crippen molar-refractivity contribution in [1.29, 1.82) is 0 Å². The summed E-state index contributed by atoms with van der Waals surface area (Å²) in [5.74, 6) is 5.98. The molecule has 0 unspecified atom stereocenters. The molecular weight excluding hydrogens is 356 g/mol. The van der Waals surface area contributed by atoms with Crippen molar-refractivity contribution in [3.63, 3.8) is 0 Å². The smallest absolute Gasteiger partial charge is 0.153 e. The van der Waals surface area contributed by atoms with Gasteiger partial charge >= 0.3 is 0 Å². The Labute approximate surface area is 165 Å².